The topological polar surface area (TPSA) is 72.5 Å². The van der Waals surface area contributed by atoms with E-state index in [1.165, 1.54) is 0 Å². The van der Waals surface area contributed by atoms with Gasteiger partial charge >= 0.3 is 17.1 Å². The van der Waals surface area contributed by atoms with Gasteiger partial charge in [-0.1, -0.05) is 0 Å². The molecule has 0 heterocycles. The summed E-state index contributed by atoms with van der Waals surface area (Å²) >= 11 is 0. The van der Waals surface area contributed by atoms with Crippen LogP contribution in [0.1, 0.15) is 37.0 Å². The van der Waals surface area contributed by atoms with Crippen molar-refractivity contribution < 1.29 is 30.7 Å². The van der Waals surface area contributed by atoms with Crippen LogP contribution in [0.4, 0.5) is 0 Å². The van der Waals surface area contributed by atoms with Crippen LogP contribution in [0.2, 0.25) is 104 Å². The van der Waals surface area contributed by atoms with Crippen LogP contribution in [0.15, 0.2) is 24.3 Å². The van der Waals surface area contributed by atoms with Crippen molar-refractivity contribution in [3.05, 3.63) is 29.8 Å². The first-order chi connectivity index (χ1) is 19.1. The molecule has 0 saturated carbocycles. The third-order valence-electron chi connectivity index (χ3n) is 6.03. The fraction of sp³-hybridized carbons (Fsp3) is 0.767. The second-order valence-electron chi connectivity index (χ2n) is 16.4. The lowest BCUT2D eigenvalue weighted by atomic mass is 9.96. The molecule has 250 valence electrons. The second-order valence-corrected chi connectivity index (χ2v) is 42.1. The molecule has 0 N–H and O–H groups in total. The molecular formula is C30H64O7Si6. The monoisotopic (exact) mass is 704 g/mol. The third kappa shape index (κ3) is 17.9. The predicted octanol–water partition coefficient (Wildman–Crippen LogP) is 9.37. The van der Waals surface area contributed by atoms with E-state index in [4.69, 9.17) is 25.9 Å². The maximum absolute atomic E-state index is 13.3. The van der Waals surface area contributed by atoms with Gasteiger partial charge < -0.3 is 25.9 Å². The molecule has 0 aromatic heterocycles. The van der Waals surface area contributed by atoms with Gasteiger partial charge in [-0.25, -0.2) is 0 Å². The Morgan fingerprint density at radius 3 is 1.28 bits per heavy atom. The maximum Gasteiger partial charge on any atom is 0.314 e. The summed E-state index contributed by atoms with van der Waals surface area (Å²) in [5.74, 6) is 0.717. The Hall–Kier alpha value is -0.209. The highest BCUT2D eigenvalue weighted by Gasteiger charge is 2.41. The van der Waals surface area contributed by atoms with Gasteiger partial charge in [0.05, 0.1) is 6.61 Å². The van der Waals surface area contributed by atoms with Crippen LogP contribution in [0, 0.1) is 0 Å². The van der Waals surface area contributed by atoms with Crippen LogP contribution in [-0.4, -0.2) is 75.0 Å². The van der Waals surface area contributed by atoms with E-state index in [1.54, 1.807) is 0 Å². The van der Waals surface area contributed by atoms with E-state index in [0.717, 1.165) is 30.7 Å². The van der Waals surface area contributed by atoms with Gasteiger partial charge in [0, 0.05) is 12.2 Å². The van der Waals surface area contributed by atoms with Gasteiger partial charge in [-0.2, -0.15) is 0 Å². The van der Waals surface area contributed by atoms with Gasteiger partial charge in [0.25, 0.3) is 0 Å². The Kier molecular flexibility index (Phi) is 14.8. The molecule has 0 aliphatic heterocycles. The van der Waals surface area contributed by atoms with Crippen molar-refractivity contribution in [2.75, 3.05) is 13.2 Å². The minimum absolute atomic E-state index is 0.0375. The molecule has 0 aliphatic carbocycles. The lowest BCUT2D eigenvalue weighted by Gasteiger charge is -2.38. The van der Waals surface area contributed by atoms with Crippen molar-refractivity contribution >= 4 is 56.2 Å². The average molecular weight is 705 g/mol. The molecule has 43 heavy (non-hydrogen) atoms. The summed E-state index contributed by atoms with van der Waals surface area (Å²) in [6.07, 6.45) is 1.67. The summed E-state index contributed by atoms with van der Waals surface area (Å²) in [6, 6.07) is 9.16. The molecule has 7 nitrogen and oxygen atoms in total. The number of hydrogen-bond donors (Lipinski definition) is 0. The van der Waals surface area contributed by atoms with Crippen molar-refractivity contribution in [1.29, 1.82) is 0 Å². The van der Waals surface area contributed by atoms with Gasteiger partial charge in [-0.3, -0.25) is 4.79 Å². The number of hydrogen-bond acceptors (Lipinski definition) is 7. The largest absolute Gasteiger partial charge is 0.494 e. The molecule has 0 fully saturated rings. The zero-order valence-electron chi connectivity index (χ0n) is 30.4. The maximum atomic E-state index is 13.3. The van der Waals surface area contributed by atoms with Crippen molar-refractivity contribution in [2.24, 2.45) is 0 Å². The quantitative estimate of drug-likeness (QED) is 0.0761. The van der Waals surface area contributed by atoms with Gasteiger partial charge in [0.1, 0.15) is 11.4 Å². The van der Waals surface area contributed by atoms with Gasteiger partial charge in [-0.15, -0.1) is 0 Å². The first kappa shape index (κ1) is 40.8. The van der Waals surface area contributed by atoms with Crippen molar-refractivity contribution in [1.82, 2.24) is 0 Å². The van der Waals surface area contributed by atoms with E-state index >= 15 is 0 Å². The molecule has 0 unspecified atom stereocenters. The van der Waals surface area contributed by atoms with Crippen LogP contribution in [0.3, 0.4) is 0 Å². The minimum atomic E-state index is -2.32. The van der Waals surface area contributed by atoms with Crippen LogP contribution >= 0.6 is 0 Å². The highest BCUT2D eigenvalue weighted by atomic mass is 28.5. The smallest absolute Gasteiger partial charge is 0.314 e. The predicted molar refractivity (Wildman–Crippen MR) is 196 cm³/mol. The van der Waals surface area contributed by atoms with Crippen LogP contribution in [0.25, 0.3) is 0 Å². The van der Waals surface area contributed by atoms with E-state index < -0.39 is 56.0 Å². The molecule has 13 heteroatoms. The number of ether oxygens (including phenoxy) is 2. The SMILES string of the molecule is CC(C)(OCCC[Si](C)(O[Si](C)(C)C)O[Si](C)(C)C)C(=O)c1ccc(OCCC[Si](C)(O[Si](C)(C)C)O[Si](C)(C)C)cc1. The van der Waals surface area contributed by atoms with E-state index in [1.807, 2.05) is 38.1 Å². The van der Waals surface area contributed by atoms with E-state index in [-0.39, 0.29) is 5.78 Å². The fourth-order valence-electron chi connectivity index (χ4n) is 5.26. The summed E-state index contributed by atoms with van der Waals surface area (Å²) in [4.78, 5) is 13.3. The number of ketones is 1. The Bertz CT molecular complexity index is 974. The standard InChI is InChI=1S/C30H64O7Si6/c1-30(2,33-24-18-26-43(16,36-40(9,10)11)37-41(12,13)14)29(31)27-19-21-28(22-20-27)32-23-17-25-42(15,34-38(3,4)5)35-39(6,7)8/h19-22H,17-18,23-26H2,1-16H3. The van der Waals surface area contributed by atoms with Crippen molar-refractivity contribution in [3.8, 4) is 5.75 Å². The molecule has 1 rings (SSSR count). The summed E-state index contributed by atoms with van der Waals surface area (Å²) in [7, 11) is -11.5. The molecule has 0 bridgehead atoms. The second kappa shape index (κ2) is 15.6. The Labute approximate surface area is 270 Å². The highest BCUT2D eigenvalue weighted by molar-refractivity contribution is 6.88. The summed E-state index contributed by atoms with van der Waals surface area (Å²) < 4.78 is 38.6. The molecule has 1 aromatic carbocycles. The number of rotatable bonds is 20. The van der Waals surface area contributed by atoms with Crippen molar-refractivity contribution in [2.45, 2.75) is 136 Å². The first-order valence-corrected chi connectivity index (χ1v) is 34.5. The average Bonchev–Trinajstić information content (AvgIpc) is 2.74. The Morgan fingerprint density at radius 2 is 0.930 bits per heavy atom. The molecule has 0 saturated heterocycles. The molecule has 0 spiro atoms. The molecule has 1 aromatic rings. The van der Waals surface area contributed by atoms with Crippen LogP contribution in [0.5, 0.6) is 5.75 Å². The number of Topliss-reactive ketones (excluding diaryl/α,β-unsaturated/α-hetero) is 1. The highest BCUT2D eigenvalue weighted by Crippen LogP contribution is 2.28. The van der Waals surface area contributed by atoms with Crippen molar-refractivity contribution in [3.63, 3.8) is 0 Å². The number of carbonyl (C=O) groups excluding carboxylic acids is 1. The molecule has 0 atom stereocenters. The number of benzene rings is 1. The first-order valence-electron chi connectivity index (χ1n) is 15.9. The lowest BCUT2D eigenvalue weighted by Crippen LogP contribution is -2.52. The van der Waals surface area contributed by atoms with Crippen LogP contribution < -0.4 is 4.74 Å². The van der Waals surface area contributed by atoms with E-state index in [0.29, 0.717) is 18.8 Å². The summed E-state index contributed by atoms with van der Waals surface area (Å²) in [5.41, 5.74) is -0.311. The zero-order chi connectivity index (χ0) is 33.5. The van der Waals surface area contributed by atoms with Gasteiger partial charge in [-0.05, 0) is 155 Å². The van der Waals surface area contributed by atoms with Gasteiger partial charge in [0.15, 0.2) is 39.1 Å². The Balaban J connectivity index is 2.69. The fourth-order valence-corrected chi connectivity index (χ4v) is 30.3. The lowest BCUT2D eigenvalue weighted by molar-refractivity contribution is -0.00451. The molecule has 0 aliphatic rings. The van der Waals surface area contributed by atoms with Gasteiger partial charge in [0.2, 0.25) is 0 Å². The van der Waals surface area contributed by atoms with E-state index in [9.17, 15) is 4.79 Å². The van der Waals surface area contributed by atoms with E-state index in [2.05, 4.69) is 91.7 Å². The summed E-state index contributed by atoms with van der Waals surface area (Å²) in [5, 5.41) is 0. The number of carbonyl (C=O) groups is 1. The molecule has 0 radical (unpaired) electrons. The molecule has 0 amide bonds. The minimum Gasteiger partial charge on any atom is -0.494 e. The van der Waals surface area contributed by atoms with Crippen LogP contribution in [-0.2, 0) is 21.2 Å². The third-order valence-corrected chi connectivity index (χ3v) is 25.3. The zero-order valence-corrected chi connectivity index (χ0v) is 36.4. The molecular weight excluding hydrogens is 641 g/mol. The normalized spacial score (nSPS) is 14.2. The Morgan fingerprint density at radius 1 is 0.581 bits per heavy atom. The summed E-state index contributed by atoms with van der Waals surface area (Å²) in [6.45, 7) is 35.8.